The maximum absolute atomic E-state index is 12.2. The van der Waals surface area contributed by atoms with Crippen LogP contribution in [0.3, 0.4) is 0 Å². The summed E-state index contributed by atoms with van der Waals surface area (Å²) in [6.45, 7) is 0. The zero-order chi connectivity index (χ0) is 25.9. The molecule has 37 heavy (non-hydrogen) atoms. The van der Waals surface area contributed by atoms with E-state index in [1.54, 1.807) is 80.0 Å². The molecule has 2 heterocycles. The number of nitrogens with one attached hydrogen (secondary N) is 4. The molecule has 11 nitrogen and oxygen atoms in total. The Hall–Kier alpha value is -5.45. The number of carbonyl (C=O) groups excluding carboxylic acids is 1. The van der Waals surface area contributed by atoms with Gasteiger partial charge in [-0.3, -0.25) is 19.5 Å². The van der Waals surface area contributed by atoms with Crippen LogP contribution in [0.15, 0.2) is 82.5 Å². The quantitative estimate of drug-likeness (QED) is 0.193. The highest BCUT2D eigenvalue weighted by atomic mass is 16.5. The van der Waals surface area contributed by atoms with Crippen molar-refractivity contribution in [3.63, 3.8) is 0 Å². The van der Waals surface area contributed by atoms with Gasteiger partial charge in [0.05, 0.1) is 12.8 Å². The minimum atomic E-state index is -0.664. The molecule has 0 spiro atoms. The predicted molar refractivity (Wildman–Crippen MR) is 141 cm³/mol. The predicted octanol–water partition coefficient (Wildman–Crippen LogP) is 3.41. The summed E-state index contributed by atoms with van der Waals surface area (Å²) >= 11 is 0. The molecule has 0 aliphatic carbocycles. The van der Waals surface area contributed by atoms with Crippen LogP contribution in [0.25, 0.3) is 11.3 Å². The van der Waals surface area contributed by atoms with Gasteiger partial charge in [-0.1, -0.05) is 18.2 Å². The number of hydrogen-bond acceptors (Lipinski definition) is 9. The number of aromatic amines is 1. The fourth-order valence-electron chi connectivity index (χ4n) is 3.75. The van der Waals surface area contributed by atoms with Crippen LogP contribution in [0.1, 0.15) is 10.4 Å². The summed E-state index contributed by atoms with van der Waals surface area (Å²) < 4.78 is 5.13. The van der Waals surface area contributed by atoms with Gasteiger partial charge in [0.15, 0.2) is 5.82 Å². The molecule has 0 radical (unpaired) electrons. The SMILES string of the molecule is COc1ccc(Nc2c(Nc3ccc(-c4[nH]nc(Nc5ccccn5)c4C(N)=O)cc3)c(=O)c2=O)cc1. The van der Waals surface area contributed by atoms with Crippen LogP contribution in [-0.2, 0) is 0 Å². The molecule has 184 valence electrons. The lowest BCUT2D eigenvalue weighted by Gasteiger charge is -2.15. The minimum Gasteiger partial charge on any atom is -0.497 e. The summed E-state index contributed by atoms with van der Waals surface area (Å²) in [5.74, 6) is 0.767. The van der Waals surface area contributed by atoms with Crippen LogP contribution in [0, 0.1) is 0 Å². The highest BCUT2D eigenvalue weighted by molar-refractivity contribution is 6.04. The number of nitrogens with zero attached hydrogens (tertiary/aromatic N) is 2. The van der Waals surface area contributed by atoms with Crippen LogP contribution >= 0.6 is 0 Å². The summed E-state index contributed by atoms with van der Waals surface area (Å²) in [6.07, 6.45) is 1.61. The Morgan fingerprint density at radius 1 is 0.865 bits per heavy atom. The van der Waals surface area contributed by atoms with E-state index in [0.29, 0.717) is 34.2 Å². The zero-order valence-corrected chi connectivity index (χ0v) is 19.5. The summed E-state index contributed by atoms with van der Waals surface area (Å²) in [7, 11) is 1.56. The number of rotatable bonds is 9. The number of ether oxygens (including phenoxy) is 1. The molecular formula is C26H21N7O4. The van der Waals surface area contributed by atoms with Gasteiger partial charge in [0.2, 0.25) is 0 Å². The van der Waals surface area contributed by atoms with Crippen molar-refractivity contribution in [2.75, 3.05) is 23.1 Å². The van der Waals surface area contributed by atoms with Gasteiger partial charge in [0.25, 0.3) is 16.8 Å². The van der Waals surface area contributed by atoms with Crippen LogP contribution in [-0.4, -0.2) is 28.2 Å². The average molecular weight is 495 g/mol. The lowest BCUT2D eigenvalue weighted by atomic mass is 10.1. The van der Waals surface area contributed by atoms with Crippen LogP contribution in [0.4, 0.5) is 34.4 Å². The molecule has 5 rings (SSSR count). The summed E-state index contributed by atoms with van der Waals surface area (Å²) in [5.41, 5.74) is 7.20. The molecule has 11 heteroatoms. The number of carbonyl (C=O) groups is 1. The van der Waals surface area contributed by atoms with Gasteiger partial charge >= 0.3 is 0 Å². The van der Waals surface area contributed by atoms with E-state index in [-0.39, 0.29) is 22.8 Å². The second-order valence-electron chi connectivity index (χ2n) is 7.99. The van der Waals surface area contributed by atoms with Crippen molar-refractivity contribution in [1.29, 1.82) is 0 Å². The van der Waals surface area contributed by atoms with Crippen molar-refractivity contribution in [2.24, 2.45) is 5.73 Å². The third-order valence-electron chi connectivity index (χ3n) is 5.64. The normalized spacial score (nSPS) is 10.7. The van der Waals surface area contributed by atoms with Crippen molar-refractivity contribution in [3.05, 3.63) is 98.9 Å². The molecule has 0 aliphatic rings. The smallest absolute Gasteiger partial charge is 0.254 e. The highest BCUT2D eigenvalue weighted by Gasteiger charge is 2.22. The number of methoxy groups -OCH3 is 1. The van der Waals surface area contributed by atoms with E-state index >= 15 is 0 Å². The van der Waals surface area contributed by atoms with Crippen molar-refractivity contribution in [2.45, 2.75) is 0 Å². The van der Waals surface area contributed by atoms with E-state index in [1.165, 1.54) is 0 Å². The van der Waals surface area contributed by atoms with E-state index < -0.39 is 16.8 Å². The lowest BCUT2D eigenvalue weighted by molar-refractivity contribution is 0.100. The Balaban J connectivity index is 1.36. The number of amides is 1. The third-order valence-corrected chi connectivity index (χ3v) is 5.64. The Labute approximate surface area is 210 Å². The first kappa shape index (κ1) is 23.3. The van der Waals surface area contributed by atoms with E-state index in [1.807, 2.05) is 0 Å². The lowest BCUT2D eigenvalue weighted by Crippen LogP contribution is -2.35. The maximum atomic E-state index is 12.2. The first-order valence-corrected chi connectivity index (χ1v) is 11.1. The van der Waals surface area contributed by atoms with Crippen LogP contribution in [0.2, 0.25) is 0 Å². The van der Waals surface area contributed by atoms with Crippen molar-refractivity contribution >= 4 is 40.3 Å². The van der Waals surface area contributed by atoms with Crippen LogP contribution < -0.4 is 37.3 Å². The molecule has 0 aliphatic heterocycles. The van der Waals surface area contributed by atoms with Gasteiger partial charge in [-0.15, -0.1) is 0 Å². The maximum Gasteiger partial charge on any atom is 0.254 e. The molecule has 0 bridgehead atoms. The monoisotopic (exact) mass is 495 g/mol. The molecule has 2 aromatic heterocycles. The van der Waals surface area contributed by atoms with E-state index in [2.05, 4.69) is 31.1 Å². The minimum absolute atomic E-state index is 0.162. The third kappa shape index (κ3) is 4.60. The van der Waals surface area contributed by atoms with Gasteiger partial charge in [0, 0.05) is 23.1 Å². The Bertz CT molecular complexity index is 1640. The number of pyridine rings is 1. The van der Waals surface area contributed by atoms with Gasteiger partial charge < -0.3 is 26.4 Å². The Morgan fingerprint density at radius 3 is 2.03 bits per heavy atom. The number of primary amides is 1. The molecule has 0 fully saturated rings. The largest absolute Gasteiger partial charge is 0.497 e. The fraction of sp³-hybridized carbons (Fsp3) is 0.0385. The van der Waals surface area contributed by atoms with Crippen LogP contribution in [0.5, 0.6) is 5.75 Å². The second kappa shape index (κ2) is 9.66. The Morgan fingerprint density at radius 2 is 1.49 bits per heavy atom. The standard InChI is InChI=1S/C26H21N7O4/c1-37-17-11-9-16(10-12-17)30-22-21(23(34)24(22)35)29-15-7-5-14(6-8-15)20-19(25(27)36)26(33-32-20)31-18-4-2-3-13-28-18/h2-13,29-30H,1H3,(H2,27,36)(H2,28,31,32,33). The molecule has 3 aromatic carbocycles. The van der Waals surface area contributed by atoms with E-state index in [0.717, 1.165) is 0 Å². The first-order chi connectivity index (χ1) is 17.9. The molecule has 1 amide bonds. The fourth-order valence-corrected chi connectivity index (χ4v) is 3.75. The second-order valence-corrected chi connectivity index (χ2v) is 7.99. The van der Waals surface area contributed by atoms with Gasteiger partial charge in [-0.2, -0.15) is 5.10 Å². The topological polar surface area (TPSA) is 164 Å². The number of hydrogen-bond donors (Lipinski definition) is 5. The molecule has 6 N–H and O–H groups in total. The number of nitrogens with two attached hydrogens (primary N) is 1. The summed E-state index contributed by atoms with van der Waals surface area (Å²) in [5, 5.41) is 16.0. The number of aromatic nitrogens is 3. The van der Waals surface area contributed by atoms with E-state index in [4.69, 9.17) is 10.5 Å². The zero-order valence-electron chi connectivity index (χ0n) is 19.5. The molecule has 0 unspecified atom stereocenters. The molecule has 0 atom stereocenters. The molecule has 0 saturated heterocycles. The van der Waals surface area contributed by atoms with Gasteiger partial charge in [0.1, 0.15) is 28.5 Å². The van der Waals surface area contributed by atoms with Crippen molar-refractivity contribution in [3.8, 4) is 17.0 Å². The number of benzene rings is 2. The highest BCUT2D eigenvalue weighted by Crippen LogP contribution is 2.30. The molecule has 0 saturated carbocycles. The van der Waals surface area contributed by atoms with Crippen molar-refractivity contribution < 1.29 is 9.53 Å². The average Bonchev–Trinajstić information content (AvgIpc) is 3.35. The molecule has 5 aromatic rings. The first-order valence-electron chi connectivity index (χ1n) is 11.1. The van der Waals surface area contributed by atoms with Gasteiger partial charge in [-0.05, 0) is 48.5 Å². The van der Waals surface area contributed by atoms with E-state index in [9.17, 15) is 14.4 Å². The summed E-state index contributed by atoms with van der Waals surface area (Å²) in [6, 6.07) is 19.2. The van der Waals surface area contributed by atoms with Crippen molar-refractivity contribution in [1.82, 2.24) is 15.2 Å². The number of H-pyrrole nitrogens is 1. The number of anilines is 6. The van der Waals surface area contributed by atoms with Gasteiger partial charge in [-0.25, -0.2) is 4.98 Å². The Kier molecular flexibility index (Phi) is 6.08. The summed E-state index contributed by atoms with van der Waals surface area (Å²) in [4.78, 5) is 40.8. The molecular weight excluding hydrogens is 474 g/mol.